The van der Waals surface area contributed by atoms with Gasteiger partial charge in [0, 0.05) is 5.56 Å². The van der Waals surface area contributed by atoms with Crippen molar-refractivity contribution in [1.29, 1.82) is 0 Å². The lowest BCUT2D eigenvalue weighted by Crippen LogP contribution is -2.52. The smallest absolute Gasteiger partial charge is 0.328 e. The molecule has 240 valence electrons. The van der Waals surface area contributed by atoms with Gasteiger partial charge in [-0.2, -0.15) is 0 Å². The van der Waals surface area contributed by atoms with Gasteiger partial charge in [0.1, 0.15) is 11.7 Å². The van der Waals surface area contributed by atoms with E-state index in [0.717, 1.165) is 28.7 Å². The Morgan fingerprint density at radius 1 is 1.04 bits per heavy atom. The van der Waals surface area contributed by atoms with E-state index in [1.54, 1.807) is 46.3 Å². The number of piperidine rings is 1. The molecular weight excluding hydrogens is 582 g/mol. The van der Waals surface area contributed by atoms with E-state index in [1.165, 1.54) is 7.11 Å². The van der Waals surface area contributed by atoms with Gasteiger partial charge in [-0.25, -0.2) is 9.48 Å². The SMILES string of the molecule is COC(=O)[C@@H]1CC[C@H](C)[C@@H](c2ccc(C)cc2)N1C(=O)c1ccc(C=NO[C@H](C)c2cn([C@H](CO)Cc3ccccc3)nn2)cc1. The Balaban J connectivity index is 1.25. The summed E-state index contributed by atoms with van der Waals surface area (Å²) < 4.78 is 6.77. The van der Waals surface area contributed by atoms with Crippen LogP contribution in [0.4, 0.5) is 0 Å². The van der Waals surface area contributed by atoms with Crippen LogP contribution in [0.25, 0.3) is 0 Å². The van der Waals surface area contributed by atoms with E-state index in [0.29, 0.717) is 24.1 Å². The summed E-state index contributed by atoms with van der Waals surface area (Å²) in [4.78, 5) is 34.2. The maximum Gasteiger partial charge on any atom is 0.328 e. The van der Waals surface area contributed by atoms with Crippen molar-refractivity contribution in [3.8, 4) is 0 Å². The normalized spacial score (nSPS) is 19.5. The molecule has 0 saturated carbocycles. The van der Waals surface area contributed by atoms with E-state index in [1.807, 2.05) is 68.4 Å². The van der Waals surface area contributed by atoms with E-state index < -0.39 is 18.1 Å². The number of methoxy groups -OCH3 is 1. The highest BCUT2D eigenvalue weighted by Gasteiger charge is 2.43. The second kappa shape index (κ2) is 15.0. The first-order valence-electron chi connectivity index (χ1n) is 15.6. The summed E-state index contributed by atoms with van der Waals surface area (Å²) in [6.07, 6.45) is 4.83. The average molecular weight is 624 g/mol. The van der Waals surface area contributed by atoms with Crippen molar-refractivity contribution >= 4 is 18.1 Å². The fourth-order valence-corrected chi connectivity index (χ4v) is 5.95. The first-order chi connectivity index (χ1) is 22.3. The second-order valence-corrected chi connectivity index (χ2v) is 11.9. The molecule has 5 atom stereocenters. The topological polar surface area (TPSA) is 119 Å². The third-order valence-electron chi connectivity index (χ3n) is 8.62. The molecule has 0 radical (unpaired) electrons. The molecule has 1 saturated heterocycles. The second-order valence-electron chi connectivity index (χ2n) is 11.9. The molecule has 10 nitrogen and oxygen atoms in total. The molecule has 1 N–H and O–H groups in total. The molecule has 1 aliphatic rings. The number of hydrogen-bond acceptors (Lipinski definition) is 8. The molecule has 0 unspecified atom stereocenters. The molecule has 46 heavy (non-hydrogen) atoms. The fraction of sp³-hybridized carbons (Fsp3) is 0.361. The van der Waals surface area contributed by atoms with Gasteiger partial charge in [-0.1, -0.05) is 89.6 Å². The van der Waals surface area contributed by atoms with Crippen LogP contribution in [-0.4, -0.2) is 62.8 Å². The number of aliphatic hydroxyl groups is 1. The number of amides is 1. The Labute approximate surface area is 269 Å². The van der Waals surface area contributed by atoms with Gasteiger partial charge in [-0.3, -0.25) is 4.79 Å². The van der Waals surface area contributed by atoms with Crippen LogP contribution in [-0.2, 0) is 20.8 Å². The molecule has 1 fully saturated rings. The first kappa shape index (κ1) is 32.6. The standard InChI is InChI=1S/C36H41N5O5/c1-24-10-15-29(16-11-24)34-25(2)12-19-33(36(44)45-4)41(34)35(43)30-17-13-28(14-18-30)21-37-46-26(3)32-22-40(39-38-32)31(23-42)20-27-8-6-5-7-9-27/h5-11,13-18,21-22,25-26,31,33-34,42H,12,19-20,23H2,1-4H3/t25-,26+,31-,33-,34-/m0/s1. The van der Waals surface area contributed by atoms with Crippen LogP contribution in [0.5, 0.6) is 0 Å². The highest BCUT2D eigenvalue weighted by molar-refractivity contribution is 5.98. The number of aliphatic hydroxyl groups excluding tert-OH is 1. The third kappa shape index (κ3) is 7.51. The first-order valence-corrected chi connectivity index (χ1v) is 15.6. The Bertz CT molecular complexity index is 1620. The lowest BCUT2D eigenvalue weighted by Gasteiger charge is -2.44. The number of esters is 1. The Morgan fingerprint density at radius 3 is 2.43 bits per heavy atom. The minimum atomic E-state index is -0.667. The largest absolute Gasteiger partial charge is 0.467 e. The van der Waals surface area contributed by atoms with Gasteiger partial charge in [0.25, 0.3) is 5.91 Å². The number of carbonyl (C=O) groups is 2. The van der Waals surface area contributed by atoms with Crippen molar-refractivity contribution < 1.29 is 24.3 Å². The number of nitrogens with zero attached hydrogens (tertiary/aromatic N) is 5. The molecule has 0 aliphatic carbocycles. The third-order valence-corrected chi connectivity index (χ3v) is 8.62. The van der Waals surface area contributed by atoms with Crippen molar-refractivity contribution in [3.05, 3.63) is 119 Å². The monoisotopic (exact) mass is 623 g/mol. The van der Waals surface area contributed by atoms with Gasteiger partial charge >= 0.3 is 5.97 Å². The van der Waals surface area contributed by atoms with Crippen LogP contribution in [0.2, 0.25) is 0 Å². The number of benzene rings is 3. The average Bonchev–Trinajstić information content (AvgIpc) is 3.58. The fourth-order valence-electron chi connectivity index (χ4n) is 5.95. The van der Waals surface area contributed by atoms with Gasteiger partial charge in [-0.05, 0) is 67.9 Å². The van der Waals surface area contributed by atoms with Gasteiger partial charge < -0.3 is 19.6 Å². The van der Waals surface area contributed by atoms with Gasteiger partial charge in [0.15, 0.2) is 6.10 Å². The molecule has 0 bridgehead atoms. The number of carbonyl (C=O) groups excluding carboxylic acids is 2. The summed E-state index contributed by atoms with van der Waals surface area (Å²) in [5.41, 5.74) is 5.02. The minimum absolute atomic E-state index is 0.0731. The number of likely N-dealkylation sites (tertiary alicyclic amines) is 1. The summed E-state index contributed by atoms with van der Waals surface area (Å²) in [5, 5.41) is 22.5. The number of oxime groups is 1. The van der Waals surface area contributed by atoms with E-state index in [9.17, 15) is 14.7 Å². The Morgan fingerprint density at radius 2 is 1.76 bits per heavy atom. The highest BCUT2D eigenvalue weighted by atomic mass is 16.6. The van der Waals surface area contributed by atoms with Crippen LogP contribution < -0.4 is 0 Å². The zero-order chi connectivity index (χ0) is 32.6. The molecule has 2 heterocycles. The van der Waals surface area contributed by atoms with Crippen molar-refractivity contribution in [2.24, 2.45) is 11.1 Å². The van der Waals surface area contributed by atoms with Crippen molar-refractivity contribution in [3.63, 3.8) is 0 Å². The lowest BCUT2D eigenvalue weighted by molar-refractivity contribution is -0.149. The Hall–Kier alpha value is -4.83. The van der Waals surface area contributed by atoms with Crippen molar-refractivity contribution in [2.45, 2.75) is 64.3 Å². The molecule has 5 rings (SSSR count). The molecule has 1 amide bonds. The van der Waals surface area contributed by atoms with Crippen LogP contribution in [0.3, 0.4) is 0 Å². The van der Waals surface area contributed by atoms with Crippen LogP contribution in [0, 0.1) is 12.8 Å². The van der Waals surface area contributed by atoms with E-state index in [2.05, 4.69) is 22.4 Å². The number of hydrogen-bond donors (Lipinski definition) is 1. The molecule has 1 aromatic heterocycles. The minimum Gasteiger partial charge on any atom is -0.467 e. The maximum absolute atomic E-state index is 14.0. The van der Waals surface area contributed by atoms with E-state index in [-0.39, 0.29) is 30.5 Å². The van der Waals surface area contributed by atoms with Crippen LogP contribution in [0.1, 0.15) is 83.2 Å². The van der Waals surface area contributed by atoms with Gasteiger partial charge in [0.2, 0.25) is 0 Å². The Kier molecular flexibility index (Phi) is 10.6. The molecule has 1 aliphatic heterocycles. The number of ether oxygens (including phenoxy) is 1. The van der Waals surface area contributed by atoms with Crippen LogP contribution in [0.15, 0.2) is 90.2 Å². The molecule has 3 aromatic carbocycles. The lowest BCUT2D eigenvalue weighted by atomic mass is 9.82. The van der Waals surface area contributed by atoms with Gasteiger partial charge in [0.05, 0.1) is 38.2 Å². The zero-order valence-electron chi connectivity index (χ0n) is 26.7. The summed E-state index contributed by atoms with van der Waals surface area (Å²) in [6, 6.07) is 23.9. The number of aryl methyl sites for hydroxylation is 1. The summed E-state index contributed by atoms with van der Waals surface area (Å²) >= 11 is 0. The van der Waals surface area contributed by atoms with E-state index >= 15 is 0 Å². The van der Waals surface area contributed by atoms with Crippen molar-refractivity contribution in [2.75, 3.05) is 13.7 Å². The predicted octanol–water partition coefficient (Wildman–Crippen LogP) is 5.63. The highest BCUT2D eigenvalue weighted by Crippen LogP contribution is 2.40. The van der Waals surface area contributed by atoms with Crippen LogP contribution >= 0.6 is 0 Å². The number of aromatic nitrogens is 3. The number of rotatable bonds is 11. The van der Waals surface area contributed by atoms with Crippen molar-refractivity contribution in [1.82, 2.24) is 19.9 Å². The molecule has 10 heteroatoms. The predicted molar refractivity (Wildman–Crippen MR) is 174 cm³/mol. The molecule has 0 spiro atoms. The quantitative estimate of drug-likeness (QED) is 0.131. The summed E-state index contributed by atoms with van der Waals surface area (Å²) in [6.45, 7) is 5.89. The summed E-state index contributed by atoms with van der Waals surface area (Å²) in [7, 11) is 1.36. The van der Waals surface area contributed by atoms with Gasteiger partial charge in [-0.15, -0.1) is 5.10 Å². The summed E-state index contributed by atoms with van der Waals surface area (Å²) in [5.74, 6) is -0.467. The molecule has 4 aromatic rings. The van der Waals surface area contributed by atoms with E-state index in [4.69, 9.17) is 9.57 Å². The zero-order valence-corrected chi connectivity index (χ0v) is 26.7. The maximum atomic E-state index is 14.0. The molecular formula is C36H41N5O5.